The maximum atomic E-state index is 9.59. The molecule has 1 fully saturated rings. The fourth-order valence-electron chi connectivity index (χ4n) is 1.87. The Kier molecular flexibility index (Phi) is 3.17. The number of benzene rings is 1. The van der Waals surface area contributed by atoms with Crippen LogP contribution in [0.4, 0.5) is 5.69 Å². The molecule has 0 radical (unpaired) electrons. The Balaban J connectivity index is 2.33. The summed E-state index contributed by atoms with van der Waals surface area (Å²) in [6.07, 6.45) is 0. The molecule has 15 heavy (non-hydrogen) atoms. The van der Waals surface area contributed by atoms with Crippen LogP contribution in [0.25, 0.3) is 0 Å². The van der Waals surface area contributed by atoms with Crippen molar-refractivity contribution >= 4 is 21.6 Å². The minimum atomic E-state index is 0.337. The van der Waals surface area contributed by atoms with Crippen molar-refractivity contribution in [3.8, 4) is 5.75 Å². The Bertz CT molecular complexity index is 362. The monoisotopic (exact) mass is 270 g/mol. The van der Waals surface area contributed by atoms with E-state index in [-0.39, 0.29) is 0 Å². The summed E-state index contributed by atoms with van der Waals surface area (Å²) < 4.78 is 1.09. The number of hydrogen-bond donors (Lipinski definition) is 2. The predicted molar refractivity (Wildman–Crippen MR) is 65.6 cm³/mol. The Morgan fingerprint density at radius 2 is 2.00 bits per heavy atom. The molecule has 4 heteroatoms. The van der Waals surface area contributed by atoms with Gasteiger partial charge in [-0.3, -0.25) is 0 Å². The van der Waals surface area contributed by atoms with Crippen molar-refractivity contribution in [1.82, 2.24) is 5.32 Å². The predicted octanol–water partition coefficient (Wildman–Crippen LogP) is 1.87. The van der Waals surface area contributed by atoms with Gasteiger partial charge in [0.15, 0.2) is 0 Å². The molecule has 0 unspecified atom stereocenters. The van der Waals surface area contributed by atoms with Gasteiger partial charge in [-0.25, -0.2) is 0 Å². The van der Waals surface area contributed by atoms with E-state index in [9.17, 15) is 5.11 Å². The van der Waals surface area contributed by atoms with Gasteiger partial charge in [0.25, 0.3) is 0 Å². The minimum Gasteiger partial charge on any atom is -0.508 e. The van der Waals surface area contributed by atoms with Crippen molar-refractivity contribution in [2.75, 3.05) is 31.1 Å². The van der Waals surface area contributed by atoms with Gasteiger partial charge >= 0.3 is 0 Å². The highest BCUT2D eigenvalue weighted by Crippen LogP contribution is 2.33. The average molecular weight is 271 g/mol. The van der Waals surface area contributed by atoms with Crippen molar-refractivity contribution in [3.05, 3.63) is 22.2 Å². The maximum absolute atomic E-state index is 9.59. The summed E-state index contributed by atoms with van der Waals surface area (Å²) in [4.78, 5) is 2.29. The van der Waals surface area contributed by atoms with Crippen molar-refractivity contribution in [2.24, 2.45) is 0 Å². The molecule has 2 rings (SSSR count). The molecular formula is C11H15BrN2O. The molecule has 0 bridgehead atoms. The molecule has 0 amide bonds. The number of anilines is 1. The zero-order valence-corrected chi connectivity index (χ0v) is 10.3. The number of aryl methyl sites for hydroxylation is 1. The fraction of sp³-hybridized carbons (Fsp3) is 0.455. The Hall–Kier alpha value is -0.740. The van der Waals surface area contributed by atoms with E-state index in [1.165, 1.54) is 0 Å². The van der Waals surface area contributed by atoms with E-state index in [0.29, 0.717) is 5.75 Å². The third kappa shape index (κ3) is 2.26. The number of nitrogens with zero attached hydrogens (tertiary/aromatic N) is 1. The molecule has 1 heterocycles. The molecule has 1 aromatic rings. The zero-order valence-electron chi connectivity index (χ0n) is 8.76. The van der Waals surface area contributed by atoms with E-state index in [1.807, 2.05) is 13.0 Å². The number of hydrogen-bond acceptors (Lipinski definition) is 3. The smallest absolute Gasteiger partial charge is 0.117 e. The van der Waals surface area contributed by atoms with Crippen molar-refractivity contribution < 1.29 is 5.11 Å². The van der Waals surface area contributed by atoms with Crippen molar-refractivity contribution in [2.45, 2.75) is 6.92 Å². The van der Waals surface area contributed by atoms with Crippen LogP contribution in [0.2, 0.25) is 0 Å². The summed E-state index contributed by atoms with van der Waals surface area (Å²) in [5.74, 6) is 0.337. The topological polar surface area (TPSA) is 35.5 Å². The number of phenols is 1. The van der Waals surface area contributed by atoms with Crippen LogP contribution in [0.5, 0.6) is 5.75 Å². The first-order valence-electron chi connectivity index (χ1n) is 5.13. The Morgan fingerprint density at radius 3 is 2.67 bits per heavy atom. The van der Waals surface area contributed by atoms with Gasteiger partial charge in [0, 0.05) is 36.7 Å². The van der Waals surface area contributed by atoms with E-state index in [2.05, 4.69) is 26.1 Å². The number of phenolic OH excluding ortho intramolecular Hbond substituents is 1. The first kappa shape index (κ1) is 10.8. The van der Waals surface area contributed by atoms with Crippen LogP contribution >= 0.6 is 15.9 Å². The summed E-state index contributed by atoms with van der Waals surface area (Å²) in [6, 6.07) is 3.60. The van der Waals surface area contributed by atoms with E-state index in [0.717, 1.165) is 41.9 Å². The molecule has 1 aliphatic heterocycles. The first-order valence-corrected chi connectivity index (χ1v) is 5.92. The number of piperazine rings is 1. The van der Waals surface area contributed by atoms with Crippen LogP contribution in [0.3, 0.4) is 0 Å². The van der Waals surface area contributed by atoms with Gasteiger partial charge in [-0.2, -0.15) is 0 Å². The standard InChI is InChI=1S/C11H15BrN2O/c1-8-6-9(15)7-10(11(8)12)14-4-2-13-3-5-14/h6-7,13,15H,2-5H2,1H3. The molecule has 0 aromatic heterocycles. The number of nitrogens with one attached hydrogen (secondary N) is 1. The van der Waals surface area contributed by atoms with Gasteiger partial charge in [0.2, 0.25) is 0 Å². The highest BCUT2D eigenvalue weighted by molar-refractivity contribution is 9.10. The fourth-order valence-corrected chi connectivity index (χ4v) is 2.35. The van der Waals surface area contributed by atoms with Crippen LogP contribution < -0.4 is 10.2 Å². The normalized spacial score (nSPS) is 16.8. The summed E-state index contributed by atoms with van der Waals surface area (Å²) in [7, 11) is 0. The quantitative estimate of drug-likeness (QED) is 0.818. The maximum Gasteiger partial charge on any atom is 0.117 e. The number of halogens is 1. The minimum absolute atomic E-state index is 0.337. The van der Waals surface area contributed by atoms with Crippen LogP contribution in [-0.2, 0) is 0 Å². The second-order valence-corrected chi connectivity index (χ2v) is 4.63. The molecule has 2 N–H and O–H groups in total. The van der Waals surface area contributed by atoms with Gasteiger partial charge in [-0.1, -0.05) is 0 Å². The third-order valence-electron chi connectivity index (χ3n) is 2.68. The van der Waals surface area contributed by atoms with Gasteiger partial charge < -0.3 is 15.3 Å². The molecule has 3 nitrogen and oxygen atoms in total. The first-order chi connectivity index (χ1) is 7.18. The highest BCUT2D eigenvalue weighted by atomic mass is 79.9. The summed E-state index contributed by atoms with van der Waals surface area (Å²) in [5.41, 5.74) is 2.16. The molecule has 0 aliphatic carbocycles. The lowest BCUT2D eigenvalue weighted by atomic mass is 10.2. The van der Waals surface area contributed by atoms with Crippen LogP contribution in [0, 0.1) is 6.92 Å². The Labute approximate surface area is 98.2 Å². The molecule has 1 aromatic carbocycles. The number of rotatable bonds is 1. The second-order valence-electron chi connectivity index (χ2n) is 3.83. The Morgan fingerprint density at radius 1 is 1.33 bits per heavy atom. The van der Waals surface area contributed by atoms with E-state index in [1.54, 1.807) is 6.07 Å². The molecule has 82 valence electrons. The summed E-state index contributed by atoms with van der Waals surface area (Å²) in [6.45, 7) is 5.97. The molecule has 1 saturated heterocycles. The molecule has 1 aliphatic rings. The highest BCUT2D eigenvalue weighted by Gasteiger charge is 2.15. The SMILES string of the molecule is Cc1cc(O)cc(N2CCNCC2)c1Br. The number of aromatic hydroxyl groups is 1. The van der Waals surface area contributed by atoms with Crippen LogP contribution in [0.15, 0.2) is 16.6 Å². The zero-order chi connectivity index (χ0) is 10.8. The van der Waals surface area contributed by atoms with Crippen molar-refractivity contribution in [1.29, 1.82) is 0 Å². The third-order valence-corrected chi connectivity index (χ3v) is 3.71. The van der Waals surface area contributed by atoms with E-state index < -0.39 is 0 Å². The van der Waals surface area contributed by atoms with Crippen LogP contribution in [-0.4, -0.2) is 31.3 Å². The van der Waals surface area contributed by atoms with Crippen molar-refractivity contribution in [3.63, 3.8) is 0 Å². The summed E-state index contributed by atoms with van der Waals surface area (Å²) in [5, 5.41) is 12.9. The molecular weight excluding hydrogens is 256 g/mol. The second kappa shape index (κ2) is 4.41. The molecule has 0 saturated carbocycles. The lowest BCUT2D eigenvalue weighted by Gasteiger charge is -2.30. The lowest BCUT2D eigenvalue weighted by molar-refractivity contribution is 0.474. The van der Waals surface area contributed by atoms with Gasteiger partial charge in [-0.15, -0.1) is 0 Å². The van der Waals surface area contributed by atoms with E-state index in [4.69, 9.17) is 0 Å². The van der Waals surface area contributed by atoms with Gasteiger partial charge in [0.05, 0.1) is 5.69 Å². The summed E-state index contributed by atoms with van der Waals surface area (Å²) >= 11 is 3.58. The average Bonchev–Trinajstić information content (AvgIpc) is 2.24. The van der Waals surface area contributed by atoms with Crippen LogP contribution in [0.1, 0.15) is 5.56 Å². The van der Waals surface area contributed by atoms with Gasteiger partial charge in [0.1, 0.15) is 5.75 Å². The lowest BCUT2D eigenvalue weighted by Crippen LogP contribution is -2.43. The largest absolute Gasteiger partial charge is 0.508 e. The van der Waals surface area contributed by atoms with E-state index >= 15 is 0 Å². The molecule has 0 spiro atoms. The molecule has 0 atom stereocenters. The van der Waals surface area contributed by atoms with Gasteiger partial charge in [-0.05, 0) is 34.5 Å².